The second-order valence-electron chi connectivity index (χ2n) is 3.77. The van der Waals surface area contributed by atoms with Crippen LogP contribution in [0.1, 0.15) is 21.5 Å². The molecule has 0 unspecified atom stereocenters. The van der Waals surface area contributed by atoms with Gasteiger partial charge in [-0.25, -0.2) is 4.79 Å². The van der Waals surface area contributed by atoms with Crippen LogP contribution < -0.4 is 0 Å². The molecule has 2 rings (SSSR count). The molecule has 2 aromatic rings. The lowest BCUT2D eigenvalue weighted by Gasteiger charge is -2.07. The van der Waals surface area contributed by atoms with Gasteiger partial charge in [0.2, 0.25) is 0 Å². The van der Waals surface area contributed by atoms with Gasteiger partial charge in [-0.15, -0.1) is 0 Å². The van der Waals surface area contributed by atoms with E-state index in [9.17, 15) is 4.79 Å². The summed E-state index contributed by atoms with van der Waals surface area (Å²) < 4.78 is 0.897. The molecule has 1 N–H and O–H groups in total. The van der Waals surface area contributed by atoms with Crippen LogP contribution in [0.4, 0.5) is 0 Å². The summed E-state index contributed by atoms with van der Waals surface area (Å²) in [5.74, 6) is -0.886. The van der Waals surface area contributed by atoms with Crippen molar-refractivity contribution in [2.75, 3.05) is 0 Å². The smallest absolute Gasteiger partial charge is 0.335 e. The van der Waals surface area contributed by atoms with Crippen LogP contribution in [0.5, 0.6) is 0 Å². The van der Waals surface area contributed by atoms with Crippen LogP contribution in [0.2, 0.25) is 0 Å². The van der Waals surface area contributed by atoms with Crippen molar-refractivity contribution in [3.05, 3.63) is 69.7 Å². The molecular weight excluding hydrogens is 280 g/mol. The largest absolute Gasteiger partial charge is 0.478 e. The molecule has 0 aliphatic rings. The standard InChI is InChI=1S/C14H11BrO2/c15-12-6-7-13(14(16)17)11(9-12)8-10-4-2-1-3-5-10/h1-7,9H,8H2,(H,16,17). The minimum absolute atomic E-state index is 0.358. The van der Waals surface area contributed by atoms with Crippen molar-refractivity contribution in [1.82, 2.24) is 0 Å². The Morgan fingerprint density at radius 2 is 1.82 bits per heavy atom. The Morgan fingerprint density at radius 1 is 1.12 bits per heavy atom. The first-order valence-corrected chi connectivity index (χ1v) is 6.02. The van der Waals surface area contributed by atoms with Gasteiger partial charge in [-0.3, -0.25) is 0 Å². The molecule has 0 aliphatic heterocycles. The molecule has 3 heteroatoms. The lowest BCUT2D eigenvalue weighted by atomic mass is 10.00. The summed E-state index contributed by atoms with van der Waals surface area (Å²) in [6.07, 6.45) is 0.627. The van der Waals surface area contributed by atoms with E-state index in [1.807, 2.05) is 36.4 Å². The predicted molar refractivity (Wildman–Crippen MR) is 70.3 cm³/mol. The summed E-state index contributed by atoms with van der Waals surface area (Å²) in [5.41, 5.74) is 2.28. The van der Waals surface area contributed by atoms with Gasteiger partial charge in [0.1, 0.15) is 0 Å². The van der Waals surface area contributed by atoms with E-state index in [0.29, 0.717) is 12.0 Å². The van der Waals surface area contributed by atoms with Gasteiger partial charge in [0, 0.05) is 4.47 Å². The van der Waals surface area contributed by atoms with Crippen molar-refractivity contribution >= 4 is 21.9 Å². The molecule has 2 aromatic carbocycles. The highest BCUT2D eigenvalue weighted by Gasteiger charge is 2.10. The van der Waals surface area contributed by atoms with Crippen LogP contribution in [0.15, 0.2) is 53.0 Å². The number of hydrogen-bond donors (Lipinski definition) is 1. The summed E-state index contributed by atoms with van der Waals surface area (Å²) in [5, 5.41) is 9.12. The molecule has 2 nitrogen and oxygen atoms in total. The summed E-state index contributed by atoms with van der Waals surface area (Å²) >= 11 is 3.37. The number of carbonyl (C=O) groups is 1. The molecule has 0 bridgehead atoms. The average molecular weight is 291 g/mol. The summed E-state index contributed by atoms with van der Waals surface area (Å²) in [7, 11) is 0. The van der Waals surface area contributed by atoms with Crippen molar-refractivity contribution in [3.63, 3.8) is 0 Å². The van der Waals surface area contributed by atoms with Crippen LogP contribution in [0.3, 0.4) is 0 Å². The second-order valence-corrected chi connectivity index (χ2v) is 4.68. The average Bonchev–Trinajstić information content (AvgIpc) is 2.30. The highest BCUT2D eigenvalue weighted by molar-refractivity contribution is 9.10. The molecule has 0 spiro atoms. The number of aromatic carboxylic acids is 1. The molecule has 0 aromatic heterocycles. The minimum atomic E-state index is -0.886. The van der Waals surface area contributed by atoms with E-state index in [0.717, 1.165) is 15.6 Å². The van der Waals surface area contributed by atoms with Gasteiger partial charge in [0.15, 0.2) is 0 Å². The normalized spacial score (nSPS) is 10.2. The maximum atomic E-state index is 11.1. The molecule has 0 fully saturated rings. The quantitative estimate of drug-likeness (QED) is 0.935. The molecule has 0 radical (unpaired) electrons. The number of carboxylic acids is 1. The fourth-order valence-electron chi connectivity index (χ4n) is 1.73. The van der Waals surface area contributed by atoms with Crippen LogP contribution >= 0.6 is 15.9 Å². The molecule has 0 amide bonds. The second kappa shape index (κ2) is 5.15. The van der Waals surface area contributed by atoms with Crippen molar-refractivity contribution in [3.8, 4) is 0 Å². The lowest BCUT2D eigenvalue weighted by Crippen LogP contribution is -2.03. The maximum Gasteiger partial charge on any atom is 0.335 e. The van der Waals surface area contributed by atoms with Gasteiger partial charge in [-0.2, -0.15) is 0 Å². The highest BCUT2D eigenvalue weighted by atomic mass is 79.9. The molecule has 0 saturated heterocycles. The molecule has 0 heterocycles. The SMILES string of the molecule is O=C(O)c1ccc(Br)cc1Cc1ccccc1. The van der Waals surface area contributed by atoms with Crippen molar-refractivity contribution < 1.29 is 9.90 Å². The molecule has 86 valence electrons. The Bertz CT molecular complexity index is 535. The number of rotatable bonds is 3. The summed E-state index contributed by atoms with van der Waals surface area (Å²) in [6, 6.07) is 15.1. The topological polar surface area (TPSA) is 37.3 Å². The third-order valence-electron chi connectivity index (χ3n) is 2.54. The molecule has 0 saturated carbocycles. The van der Waals surface area contributed by atoms with E-state index in [1.165, 1.54) is 0 Å². The fraction of sp³-hybridized carbons (Fsp3) is 0.0714. The van der Waals surface area contributed by atoms with Crippen LogP contribution in [-0.2, 0) is 6.42 Å². The highest BCUT2D eigenvalue weighted by Crippen LogP contribution is 2.20. The Hall–Kier alpha value is -1.61. The zero-order chi connectivity index (χ0) is 12.3. The number of benzene rings is 2. The van der Waals surface area contributed by atoms with Gasteiger partial charge in [-0.05, 0) is 35.7 Å². The van der Waals surface area contributed by atoms with E-state index >= 15 is 0 Å². The lowest BCUT2D eigenvalue weighted by molar-refractivity contribution is 0.0696. The number of hydrogen-bond acceptors (Lipinski definition) is 1. The number of halogens is 1. The first-order valence-electron chi connectivity index (χ1n) is 5.22. The molecule has 0 aliphatic carbocycles. The maximum absolute atomic E-state index is 11.1. The Labute approximate surface area is 108 Å². The Balaban J connectivity index is 2.37. The molecule has 17 heavy (non-hydrogen) atoms. The Morgan fingerprint density at radius 3 is 2.47 bits per heavy atom. The summed E-state index contributed by atoms with van der Waals surface area (Å²) in [6.45, 7) is 0. The first kappa shape index (κ1) is 11.9. The molecular formula is C14H11BrO2. The zero-order valence-electron chi connectivity index (χ0n) is 9.06. The van der Waals surface area contributed by atoms with Crippen molar-refractivity contribution in [1.29, 1.82) is 0 Å². The monoisotopic (exact) mass is 290 g/mol. The van der Waals surface area contributed by atoms with E-state index in [2.05, 4.69) is 15.9 Å². The zero-order valence-corrected chi connectivity index (χ0v) is 10.6. The van der Waals surface area contributed by atoms with Crippen LogP contribution in [0.25, 0.3) is 0 Å². The van der Waals surface area contributed by atoms with Crippen LogP contribution in [-0.4, -0.2) is 11.1 Å². The van der Waals surface area contributed by atoms with E-state index in [4.69, 9.17) is 5.11 Å². The van der Waals surface area contributed by atoms with Gasteiger partial charge in [0.25, 0.3) is 0 Å². The molecule has 0 atom stereocenters. The van der Waals surface area contributed by atoms with Gasteiger partial charge in [-0.1, -0.05) is 46.3 Å². The van der Waals surface area contributed by atoms with E-state index < -0.39 is 5.97 Å². The minimum Gasteiger partial charge on any atom is -0.478 e. The van der Waals surface area contributed by atoms with Gasteiger partial charge < -0.3 is 5.11 Å². The van der Waals surface area contributed by atoms with Gasteiger partial charge >= 0.3 is 5.97 Å². The third kappa shape index (κ3) is 2.94. The van der Waals surface area contributed by atoms with Crippen molar-refractivity contribution in [2.45, 2.75) is 6.42 Å². The number of carboxylic acid groups (broad SMARTS) is 1. The van der Waals surface area contributed by atoms with E-state index in [1.54, 1.807) is 12.1 Å². The van der Waals surface area contributed by atoms with Crippen LogP contribution in [0, 0.1) is 0 Å². The predicted octanol–water partition coefficient (Wildman–Crippen LogP) is 3.74. The van der Waals surface area contributed by atoms with Crippen molar-refractivity contribution in [2.24, 2.45) is 0 Å². The Kier molecular flexibility index (Phi) is 3.59. The fourth-order valence-corrected chi connectivity index (χ4v) is 2.14. The summed E-state index contributed by atoms with van der Waals surface area (Å²) in [4.78, 5) is 11.1. The van der Waals surface area contributed by atoms with Gasteiger partial charge in [0.05, 0.1) is 5.56 Å². The van der Waals surface area contributed by atoms with E-state index in [-0.39, 0.29) is 0 Å². The first-order chi connectivity index (χ1) is 8.16. The third-order valence-corrected chi connectivity index (χ3v) is 3.03.